The molecular weight excluding hydrogens is 162 g/mol. The third-order valence-corrected chi connectivity index (χ3v) is 2.29. The highest BCUT2D eigenvalue weighted by Gasteiger charge is 2.25. The van der Waals surface area contributed by atoms with E-state index in [1.165, 1.54) is 0 Å². The van der Waals surface area contributed by atoms with Gasteiger partial charge in [0.15, 0.2) is 0 Å². The average Bonchev–Trinajstić information content (AvgIpc) is 2.53. The van der Waals surface area contributed by atoms with Crippen molar-refractivity contribution < 1.29 is 9.53 Å². The number of hydrogen-bond acceptors (Lipinski definition) is 3. The predicted octanol–water partition coefficient (Wildman–Crippen LogP) is 0.369. The molecule has 4 heteroatoms. The maximum absolute atomic E-state index is 11.4. The van der Waals surface area contributed by atoms with Crippen molar-refractivity contribution in [3.63, 3.8) is 0 Å². The second-order valence-electron chi connectivity index (χ2n) is 2.74. The number of ether oxygens (including phenoxy) is 1. The van der Waals surface area contributed by atoms with Crippen LogP contribution in [0.15, 0.2) is 0 Å². The van der Waals surface area contributed by atoms with E-state index in [-0.39, 0.29) is 11.8 Å². The Kier molecular flexibility index (Phi) is 3.20. The molecule has 0 spiro atoms. The minimum Gasteiger partial charge on any atom is -0.381 e. The Balaban J connectivity index is 2.39. The Hall–Kier alpha value is -0.220. The Morgan fingerprint density at radius 1 is 1.82 bits per heavy atom. The Morgan fingerprint density at radius 3 is 3.00 bits per heavy atom. The summed E-state index contributed by atoms with van der Waals surface area (Å²) >= 11 is 4.01. The lowest BCUT2D eigenvalue weighted by Gasteiger charge is -2.17. The standard InChI is InChI=1S/C7H13NO2S/c1-8(5-11)7(9)6-2-3-10-4-6/h6,11H,2-5H2,1H3/t6-/m1/s1. The first-order chi connectivity index (χ1) is 5.25. The number of hydrogen-bond donors (Lipinski definition) is 1. The SMILES string of the molecule is CN(CS)C(=O)[C@@H]1CCOC1. The van der Waals surface area contributed by atoms with Crippen LogP contribution in [0.1, 0.15) is 6.42 Å². The molecule has 0 aromatic carbocycles. The second kappa shape index (κ2) is 3.97. The molecule has 1 atom stereocenters. The van der Waals surface area contributed by atoms with Crippen LogP contribution in [0, 0.1) is 5.92 Å². The maximum atomic E-state index is 11.4. The van der Waals surface area contributed by atoms with Crippen LogP contribution in [-0.2, 0) is 9.53 Å². The Bertz CT molecular complexity index is 145. The number of rotatable bonds is 2. The number of thiol groups is 1. The summed E-state index contributed by atoms with van der Waals surface area (Å²) in [6.07, 6.45) is 0.858. The van der Waals surface area contributed by atoms with E-state index in [1.54, 1.807) is 11.9 Å². The molecule has 1 fully saturated rings. The highest BCUT2D eigenvalue weighted by molar-refractivity contribution is 7.80. The van der Waals surface area contributed by atoms with E-state index in [1.807, 2.05) is 0 Å². The first kappa shape index (κ1) is 8.87. The summed E-state index contributed by atoms with van der Waals surface area (Å²) in [6.45, 7) is 1.30. The van der Waals surface area contributed by atoms with E-state index in [0.717, 1.165) is 13.0 Å². The van der Waals surface area contributed by atoms with Gasteiger partial charge in [0.05, 0.1) is 18.4 Å². The van der Waals surface area contributed by atoms with Crippen molar-refractivity contribution in [3.05, 3.63) is 0 Å². The topological polar surface area (TPSA) is 29.5 Å². The van der Waals surface area contributed by atoms with Crippen LogP contribution < -0.4 is 0 Å². The van der Waals surface area contributed by atoms with Gasteiger partial charge in [0, 0.05) is 13.7 Å². The summed E-state index contributed by atoms with van der Waals surface area (Å²) in [5.74, 6) is 0.708. The van der Waals surface area contributed by atoms with Gasteiger partial charge in [0.1, 0.15) is 0 Å². The van der Waals surface area contributed by atoms with E-state index < -0.39 is 0 Å². The molecule has 1 aliphatic rings. The van der Waals surface area contributed by atoms with E-state index in [4.69, 9.17) is 4.74 Å². The maximum Gasteiger partial charge on any atom is 0.228 e. The van der Waals surface area contributed by atoms with Crippen LogP contribution >= 0.6 is 12.6 Å². The first-order valence-corrected chi connectivity index (χ1v) is 4.32. The molecule has 0 radical (unpaired) electrons. The number of carbonyl (C=O) groups excluding carboxylic acids is 1. The zero-order chi connectivity index (χ0) is 8.27. The third-order valence-electron chi connectivity index (χ3n) is 1.87. The predicted molar refractivity (Wildman–Crippen MR) is 45.5 cm³/mol. The molecule has 1 aliphatic heterocycles. The molecular formula is C7H13NO2S. The van der Waals surface area contributed by atoms with Crippen LogP contribution in [0.2, 0.25) is 0 Å². The van der Waals surface area contributed by atoms with Crippen molar-refractivity contribution in [2.45, 2.75) is 6.42 Å². The molecule has 0 unspecified atom stereocenters. The first-order valence-electron chi connectivity index (χ1n) is 3.69. The molecule has 0 aliphatic carbocycles. The molecule has 0 aromatic heterocycles. The van der Waals surface area contributed by atoms with Gasteiger partial charge < -0.3 is 9.64 Å². The van der Waals surface area contributed by atoms with Gasteiger partial charge in [-0.1, -0.05) is 0 Å². The van der Waals surface area contributed by atoms with Gasteiger partial charge in [0.25, 0.3) is 0 Å². The number of carbonyl (C=O) groups is 1. The molecule has 64 valence electrons. The second-order valence-corrected chi connectivity index (χ2v) is 3.02. The molecule has 1 rings (SSSR count). The van der Waals surface area contributed by atoms with Crippen LogP contribution in [0.3, 0.4) is 0 Å². The summed E-state index contributed by atoms with van der Waals surface area (Å²) in [6, 6.07) is 0. The van der Waals surface area contributed by atoms with Crippen molar-refractivity contribution in [2.24, 2.45) is 5.92 Å². The smallest absolute Gasteiger partial charge is 0.228 e. The van der Waals surface area contributed by atoms with Gasteiger partial charge in [0.2, 0.25) is 5.91 Å². The van der Waals surface area contributed by atoms with Gasteiger partial charge in [-0.25, -0.2) is 0 Å². The molecule has 1 amide bonds. The Morgan fingerprint density at radius 2 is 2.55 bits per heavy atom. The minimum atomic E-state index is 0.0761. The lowest BCUT2D eigenvalue weighted by Crippen LogP contribution is -2.32. The minimum absolute atomic E-state index is 0.0761. The average molecular weight is 175 g/mol. The largest absolute Gasteiger partial charge is 0.381 e. The summed E-state index contributed by atoms with van der Waals surface area (Å²) in [5, 5.41) is 0. The monoisotopic (exact) mass is 175 g/mol. The summed E-state index contributed by atoms with van der Waals surface area (Å²) in [5.41, 5.74) is 0. The van der Waals surface area contributed by atoms with E-state index >= 15 is 0 Å². The molecule has 0 N–H and O–H groups in total. The molecule has 11 heavy (non-hydrogen) atoms. The van der Waals surface area contributed by atoms with E-state index in [2.05, 4.69) is 12.6 Å². The molecule has 0 aromatic rings. The van der Waals surface area contributed by atoms with Crippen LogP contribution in [0.5, 0.6) is 0 Å². The summed E-state index contributed by atoms with van der Waals surface area (Å²) in [7, 11) is 1.76. The molecule has 0 saturated carbocycles. The summed E-state index contributed by atoms with van der Waals surface area (Å²) < 4.78 is 5.10. The fourth-order valence-electron chi connectivity index (χ4n) is 1.11. The fraction of sp³-hybridized carbons (Fsp3) is 0.857. The lowest BCUT2D eigenvalue weighted by molar-refractivity contribution is -0.133. The quantitative estimate of drug-likeness (QED) is 0.485. The van der Waals surface area contributed by atoms with Crippen LogP contribution in [0.4, 0.5) is 0 Å². The van der Waals surface area contributed by atoms with Gasteiger partial charge in [-0.15, -0.1) is 0 Å². The number of nitrogens with zero attached hydrogens (tertiary/aromatic N) is 1. The van der Waals surface area contributed by atoms with E-state index in [0.29, 0.717) is 12.5 Å². The number of amides is 1. The van der Waals surface area contributed by atoms with Crippen molar-refractivity contribution in [2.75, 3.05) is 26.1 Å². The highest BCUT2D eigenvalue weighted by atomic mass is 32.1. The molecule has 3 nitrogen and oxygen atoms in total. The summed E-state index contributed by atoms with van der Waals surface area (Å²) in [4.78, 5) is 13.0. The third kappa shape index (κ3) is 2.10. The molecule has 1 saturated heterocycles. The molecule has 1 heterocycles. The van der Waals surface area contributed by atoms with Crippen LogP contribution in [-0.4, -0.2) is 36.9 Å². The fourth-order valence-corrected chi connectivity index (χ4v) is 1.25. The zero-order valence-corrected chi connectivity index (χ0v) is 7.51. The van der Waals surface area contributed by atoms with Crippen LogP contribution in [0.25, 0.3) is 0 Å². The van der Waals surface area contributed by atoms with Crippen molar-refractivity contribution >= 4 is 18.5 Å². The zero-order valence-electron chi connectivity index (χ0n) is 6.62. The lowest BCUT2D eigenvalue weighted by atomic mass is 10.1. The highest BCUT2D eigenvalue weighted by Crippen LogP contribution is 2.14. The van der Waals surface area contributed by atoms with Gasteiger partial charge in [-0.2, -0.15) is 12.6 Å². The Labute approximate surface area is 72.1 Å². The van der Waals surface area contributed by atoms with Gasteiger partial charge >= 0.3 is 0 Å². The van der Waals surface area contributed by atoms with E-state index in [9.17, 15) is 4.79 Å². The van der Waals surface area contributed by atoms with Crippen molar-refractivity contribution in [3.8, 4) is 0 Å². The normalized spacial score (nSPS) is 23.6. The van der Waals surface area contributed by atoms with Gasteiger partial charge in [-0.05, 0) is 6.42 Å². The molecule has 0 bridgehead atoms. The van der Waals surface area contributed by atoms with Gasteiger partial charge in [-0.3, -0.25) is 4.79 Å². The van der Waals surface area contributed by atoms with Crippen molar-refractivity contribution in [1.29, 1.82) is 0 Å². The van der Waals surface area contributed by atoms with Crippen molar-refractivity contribution in [1.82, 2.24) is 4.90 Å².